The van der Waals surface area contributed by atoms with Gasteiger partial charge in [0, 0.05) is 12.6 Å². The Morgan fingerprint density at radius 3 is 2.20 bits per heavy atom. The van der Waals surface area contributed by atoms with Crippen LogP contribution in [0, 0.1) is 0 Å². The lowest BCUT2D eigenvalue weighted by molar-refractivity contribution is -0.126. The molecule has 40 heavy (non-hydrogen) atoms. The largest absolute Gasteiger partial charge is 0.493 e. The van der Waals surface area contributed by atoms with E-state index in [0.717, 1.165) is 49.4 Å². The van der Waals surface area contributed by atoms with Crippen LogP contribution in [0.5, 0.6) is 23.0 Å². The number of hydrogen-bond acceptors (Lipinski definition) is 9. The first-order valence-electron chi connectivity index (χ1n) is 13.3. The summed E-state index contributed by atoms with van der Waals surface area (Å²) in [6, 6.07) is 10.0. The molecular weight excluding hydrogens is 532 g/mol. The van der Waals surface area contributed by atoms with Gasteiger partial charge in [-0.2, -0.15) is 8.75 Å². The topological polar surface area (TPSA) is 112 Å². The second kappa shape index (κ2) is 14.0. The maximum Gasteiger partial charge on any atom is 0.276 e. The zero-order valence-electron chi connectivity index (χ0n) is 23.3. The number of carbonyl (C=O) groups excluding carboxylic acids is 2. The predicted molar refractivity (Wildman–Crippen MR) is 151 cm³/mol. The molecule has 0 aliphatic heterocycles. The van der Waals surface area contributed by atoms with Gasteiger partial charge in [0.05, 0.1) is 46.4 Å². The van der Waals surface area contributed by atoms with Crippen LogP contribution in [0.15, 0.2) is 42.6 Å². The summed E-state index contributed by atoms with van der Waals surface area (Å²) in [5.74, 6) is 1.58. The highest BCUT2D eigenvalue weighted by atomic mass is 32.1. The monoisotopic (exact) mass is 568 g/mol. The molecule has 214 valence electrons. The molecule has 1 saturated carbocycles. The summed E-state index contributed by atoms with van der Waals surface area (Å²) in [5, 5.41) is 3.22. The minimum absolute atomic E-state index is 0.0626. The Hall–Kier alpha value is -3.86. The summed E-state index contributed by atoms with van der Waals surface area (Å²) in [4.78, 5) is 29.5. The number of aromatic nitrogens is 2. The molecule has 1 N–H and O–H groups in total. The summed E-state index contributed by atoms with van der Waals surface area (Å²) in [6.45, 7) is 0.239. The smallest absolute Gasteiger partial charge is 0.276 e. The van der Waals surface area contributed by atoms with Crippen molar-refractivity contribution < 1.29 is 28.5 Å². The molecule has 1 aliphatic rings. The summed E-state index contributed by atoms with van der Waals surface area (Å²) in [6.07, 6.45) is 7.03. The van der Waals surface area contributed by atoms with Crippen molar-refractivity contribution in [2.45, 2.75) is 50.6 Å². The quantitative estimate of drug-likeness (QED) is 0.341. The molecule has 2 amide bonds. The first-order chi connectivity index (χ1) is 19.5. The zero-order chi connectivity index (χ0) is 28.5. The van der Waals surface area contributed by atoms with Crippen LogP contribution in [0.4, 0.5) is 0 Å². The van der Waals surface area contributed by atoms with Gasteiger partial charge in [-0.05, 0) is 54.7 Å². The van der Waals surface area contributed by atoms with Crippen molar-refractivity contribution in [2.24, 2.45) is 0 Å². The summed E-state index contributed by atoms with van der Waals surface area (Å²) in [7, 11) is 6.26. The van der Waals surface area contributed by atoms with Gasteiger partial charge < -0.3 is 29.2 Å². The van der Waals surface area contributed by atoms with Crippen molar-refractivity contribution in [2.75, 3.05) is 35.0 Å². The number of nitrogens with zero attached hydrogens (tertiary/aromatic N) is 3. The molecule has 1 heterocycles. The Balaban J connectivity index is 1.73. The van der Waals surface area contributed by atoms with Crippen LogP contribution in [0.3, 0.4) is 0 Å². The third kappa shape index (κ3) is 6.82. The second-order valence-electron chi connectivity index (χ2n) is 9.59. The Bertz CT molecular complexity index is 1280. The lowest BCUT2D eigenvalue weighted by atomic mass is 9.94. The zero-order valence-corrected chi connectivity index (χ0v) is 24.2. The molecule has 3 aromatic rings. The SMILES string of the molecule is COc1ccc(CCN(C(=O)c2cnsn2)[C@H](C(=O)NC2CCCCC2)c2ccc(OC)c(OC)c2)cc1OC. The molecule has 1 aromatic heterocycles. The molecule has 1 fully saturated rings. The molecule has 0 unspecified atom stereocenters. The van der Waals surface area contributed by atoms with Crippen LogP contribution >= 0.6 is 11.7 Å². The Labute approximate surface area is 238 Å². The van der Waals surface area contributed by atoms with E-state index in [-0.39, 0.29) is 30.1 Å². The van der Waals surface area contributed by atoms with Gasteiger partial charge in [0.2, 0.25) is 5.91 Å². The van der Waals surface area contributed by atoms with Crippen molar-refractivity contribution >= 4 is 23.5 Å². The van der Waals surface area contributed by atoms with Crippen LogP contribution in [-0.4, -0.2) is 66.5 Å². The molecule has 11 heteroatoms. The third-order valence-corrected chi connectivity index (χ3v) is 7.64. The minimum Gasteiger partial charge on any atom is -0.493 e. The predicted octanol–water partition coefficient (Wildman–Crippen LogP) is 4.45. The second-order valence-corrected chi connectivity index (χ2v) is 10.1. The number of hydrogen-bond donors (Lipinski definition) is 1. The molecule has 0 radical (unpaired) electrons. The highest BCUT2D eigenvalue weighted by Gasteiger charge is 2.35. The van der Waals surface area contributed by atoms with Crippen LogP contribution in [0.2, 0.25) is 0 Å². The van der Waals surface area contributed by atoms with E-state index in [1.165, 1.54) is 6.20 Å². The van der Waals surface area contributed by atoms with E-state index in [0.29, 0.717) is 35.0 Å². The molecule has 1 aliphatic carbocycles. The van der Waals surface area contributed by atoms with Gasteiger partial charge in [0.1, 0.15) is 6.04 Å². The van der Waals surface area contributed by atoms with Gasteiger partial charge >= 0.3 is 0 Å². The maximum atomic E-state index is 14.0. The van der Waals surface area contributed by atoms with Crippen molar-refractivity contribution in [3.05, 3.63) is 59.4 Å². The van der Waals surface area contributed by atoms with Gasteiger partial charge in [-0.1, -0.05) is 31.4 Å². The van der Waals surface area contributed by atoms with Crippen molar-refractivity contribution in [3.63, 3.8) is 0 Å². The van der Waals surface area contributed by atoms with Crippen molar-refractivity contribution in [3.8, 4) is 23.0 Å². The Kier molecular flexibility index (Phi) is 10.2. The van der Waals surface area contributed by atoms with Gasteiger partial charge in [0.25, 0.3) is 5.91 Å². The number of ether oxygens (including phenoxy) is 4. The molecule has 4 rings (SSSR count). The van der Waals surface area contributed by atoms with E-state index in [1.54, 1.807) is 51.5 Å². The standard InChI is InChI=1S/C29H36N4O6S/c1-36-23-12-10-19(16-25(23)38-3)14-15-33(29(35)22-18-30-40-32-22)27(28(34)31-21-8-6-5-7-9-21)20-11-13-24(37-2)26(17-20)39-4/h10-13,16-18,21,27H,5-9,14-15H2,1-4H3,(H,31,34)/t27-/m0/s1. The van der Waals surface area contributed by atoms with Crippen LogP contribution in [0.1, 0.15) is 59.8 Å². The summed E-state index contributed by atoms with van der Waals surface area (Å²) in [5.41, 5.74) is 1.72. The van der Waals surface area contributed by atoms with E-state index in [9.17, 15) is 9.59 Å². The van der Waals surface area contributed by atoms with Crippen LogP contribution in [-0.2, 0) is 11.2 Å². The average molecular weight is 569 g/mol. The van der Waals surface area contributed by atoms with E-state index < -0.39 is 6.04 Å². The number of rotatable bonds is 12. The van der Waals surface area contributed by atoms with E-state index in [2.05, 4.69) is 14.1 Å². The number of amides is 2. The average Bonchev–Trinajstić information content (AvgIpc) is 3.54. The van der Waals surface area contributed by atoms with Gasteiger partial charge in [-0.3, -0.25) is 9.59 Å². The number of methoxy groups -OCH3 is 4. The van der Waals surface area contributed by atoms with Gasteiger partial charge in [0.15, 0.2) is 28.7 Å². The molecule has 10 nitrogen and oxygen atoms in total. The molecule has 0 bridgehead atoms. The number of benzene rings is 2. The third-order valence-electron chi connectivity index (χ3n) is 7.17. The number of carbonyl (C=O) groups is 2. The fraction of sp³-hybridized carbons (Fsp3) is 0.448. The lowest BCUT2D eigenvalue weighted by Crippen LogP contribution is -2.47. The minimum atomic E-state index is -0.934. The lowest BCUT2D eigenvalue weighted by Gasteiger charge is -2.33. The summed E-state index contributed by atoms with van der Waals surface area (Å²) < 4.78 is 30.0. The van der Waals surface area contributed by atoms with Crippen molar-refractivity contribution in [1.29, 1.82) is 0 Å². The summed E-state index contributed by atoms with van der Waals surface area (Å²) >= 11 is 0.949. The molecule has 0 saturated heterocycles. The van der Waals surface area contributed by atoms with E-state index in [1.807, 2.05) is 18.2 Å². The van der Waals surface area contributed by atoms with Crippen molar-refractivity contribution in [1.82, 2.24) is 19.0 Å². The molecule has 0 spiro atoms. The molecule has 1 atom stereocenters. The normalized spacial score (nSPS) is 14.2. The fourth-order valence-corrected chi connectivity index (χ4v) is 5.47. The Morgan fingerprint density at radius 2 is 1.57 bits per heavy atom. The molecular formula is C29H36N4O6S. The first-order valence-corrected chi connectivity index (χ1v) is 14.0. The number of nitrogens with one attached hydrogen (secondary N) is 1. The van der Waals surface area contributed by atoms with Gasteiger partial charge in [-0.25, -0.2) is 0 Å². The Morgan fingerprint density at radius 1 is 0.925 bits per heavy atom. The van der Waals surface area contributed by atoms with Gasteiger partial charge in [-0.15, -0.1) is 0 Å². The van der Waals surface area contributed by atoms with Crippen LogP contribution < -0.4 is 24.3 Å². The molecule has 2 aromatic carbocycles. The fourth-order valence-electron chi connectivity index (χ4n) is 5.06. The highest BCUT2D eigenvalue weighted by Crippen LogP contribution is 2.34. The highest BCUT2D eigenvalue weighted by molar-refractivity contribution is 6.99. The maximum absolute atomic E-state index is 14.0. The van der Waals surface area contributed by atoms with E-state index >= 15 is 0 Å². The van der Waals surface area contributed by atoms with E-state index in [4.69, 9.17) is 18.9 Å². The first kappa shape index (κ1) is 29.1. The van der Waals surface area contributed by atoms with Crippen LogP contribution in [0.25, 0.3) is 0 Å².